The van der Waals surface area contributed by atoms with Crippen LogP contribution in [0.15, 0.2) is 0 Å². The molecular formula is C11H22N2O2. The molecule has 1 aliphatic rings. The van der Waals surface area contributed by atoms with E-state index in [1.807, 2.05) is 27.7 Å². The van der Waals surface area contributed by atoms with E-state index in [-0.39, 0.29) is 12.0 Å². The number of ether oxygens (including phenoxy) is 1. The molecular weight excluding hydrogens is 192 g/mol. The quantitative estimate of drug-likeness (QED) is 0.678. The molecule has 0 aromatic heterocycles. The van der Waals surface area contributed by atoms with Gasteiger partial charge in [-0.1, -0.05) is 0 Å². The number of hydrogen-bond acceptors (Lipinski definition) is 4. The van der Waals surface area contributed by atoms with Gasteiger partial charge in [-0.2, -0.15) is 0 Å². The Kier molecular flexibility index (Phi) is 4.11. The van der Waals surface area contributed by atoms with Gasteiger partial charge in [0.05, 0.1) is 0 Å². The first kappa shape index (κ1) is 12.5. The molecule has 2 atom stereocenters. The van der Waals surface area contributed by atoms with Gasteiger partial charge in [0.2, 0.25) is 0 Å². The first-order valence-electron chi connectivity index (χ1n) is 5.58. The lowest BCUT2D eigenvalue weighted by Gasteiger charge is -2.24. The topological polar surface area (TPSA) is 50.4 Å². The average Bonchev–Trinajstić information content (AvgIpc) is 2.53. The van der Waals surface area contributed by atoms with E-state index in [4.69, 9.17) is 4.74 Å². The molecule has 0 bridgehead atoms. The lowest BCUT2D eigenvalue weighted by molar-refractivity contribution is -0.157. The number of hydrogen-bond donors (Lipinski definition) is 2. The molecule has 1 fully saturated rings. The van der Waals surface area contributed by atoms with Crippen LogP contribution in [0.3, 0.4) is 0 Å². The Hall–Kier alpha value is -0.610. The number of rotatable bonds is 3. The highest BCUT2D eigenvalue weighted by Crippen LogP contribution is 2.09. The monoisotopic (exact) mass is 214 g/mol. The lowest BCUT2D eigenvalue weighted by Crippen LogP contribution is -2.45. The molecule has 0 aromatic carbocycles. The Balaban J connectivity index is 2.32. The van der Waals surface area contributed by atoms with Gasteiger partial charge >= 0.3 is 5.97 Å². The highest BCUT2D eigenvalue weighted by atomic mass is 16.6. The van der Waals surface area contributed by atoms with E-state index < -0.39 is 5.60 Å². The highest BCUT2D eigenvalue weighted by Gasteiger charge is 2.24. The Morgan fingerprint density at radius 1 is 1.53 bits per heavy atom. The van der Waals surface area contributed by atoms with Crippen molar-refractivity contribution < 1.29 is 9.53 Å². The molecule has 1 rings (SSSR count). The van der Waals surface area contributed by atoms with E-state index in [2.05, 4.69) is 10.6 Å². The van der Waals surface area contributed by atoms with Crippen LogP contribution in [-0.2, 0) is 9.53 Å². The predicted molar refractivity (Wildman–Crippen MR) is 59.7 cm³/mol. The molecule has 4 nitrogen and oxygen atoms in total. The van der Waals surface area contributed by atoms with Gasteiger partial charge in [-0.05, 0) is 40.7 Å². The van der Waals surface area contributed by atoms with Crippen LogP contribution in [0.5, 0.6) is 0 Å². The van der Waals surface area contributed by atoms with E-state index >= 15 is 0 Å². The third kappa shape index (κ3) is 4.62. The molecule has 0 radical (unpaired) electrons. The fraction of sp³-hybridized carbons (Fsp3) is 0.909. The molecule has 1 heterocycles. The van der Waals surface area contributed by atoms with E-state index in [1.54, 1.807) is 0 Å². The minimum absolute atomic E-state index is 0.172. The summed E-state index contributed by atoms with van der Waals surface area (Å²) in [6, 6.07) is 0.168. The van der Waals surface area contributed by atoms with Crippen molar-refractivity contribution in [2.45, 2.75) is 51.8 Å². The maximum atomic E-state index is 11.6. The van der Waals surface area contributed by atoms with Crippen LogP contribution in [-0.4, -0.2) is 36.7 Å². The number of carbonyl (C=O) groups excluding carboxylic acids is 1. The molecule has 2 N–H and O–H groups in total. The smallest absolute Gasteiger partial charge is 0.323 e. The minimum atomic E-state index is -0.402. The van der Waals surface area contributed by atoms with Crippen molar-refractivity contribution in [2.75, 3.05) is 13.1 Å². The summed E-state index contributed by atoms with van der Waals surface area (Å²) in [4.78, 5) is 11.6. The van der Waals surface area contributed by atoms with Crippen LogP contribution < -0.4 is 10.6 Å². The minimum Gasteiger partial charge on any atom is -0.459 e. The summed E-state index contributed by atoms with van der Waals surface area (Å²) in [6.45, 7) is 9.47. The first-order chi connectivity index (χ1) is 6.88. The van der Waals surface area contributed by atoms with Crippen molar-refractivity contribution in [2.24, 2.45) is 0 Å². The summed E-state index contributed by atoms with van der Waals surface area (Å²) < 4.78 is 5.29. The predicted octanol–water partition coefficient (Wildman–Crippen LogP) is 0.668. The Bertz CT molecular complexity index is 217. The molecule has 0 aliphatic carbocycles. The zero-order valence-corrected chi connectivity index (χ0v) is 10.1. The summed E-state index contributed by atoms with van der Waals surface area (Å²) >= 11 is 0. The van der Waals surface area contributed by atoms with Gasteiger partial charge in [0.25, 0.3) is 0 Å². The molecule has 15 heavy (non-hydrogen) atoms. The molecule has 0 saturated carbocycles. The summed E-state index contributed by atoms with van der Waals surface area (Å²) in [6.07, 6.45) is 1.08. The van der Waals surface area contributed by atoms with Crippen LogP contribution in [0, 0.1) is 0 Å². The van der Waals surface area contributed by atoms with Crippen LogP contribution in [0.1, 0.15) is 34.1 Å². The Morgan fingerprint density at radius 3 is 2.67 bits per heavy atom. The second-order valence-corrected chi connectivity index (χ2v) is 5.11. The van der Waals surface area contributed by atoms with Gasteiger partial charge in [-0.3, -0.25) is 4.79 Å². The van der Waals surface area contributed by atoms with E-state index in [0.29, 0.717) is 6.04 Å². The third-order valence-electron chi connectivity index (χ3n) is 2.31. The average molecular weight is 214 g/mol. The van der Waals surface area contributed by atoms with Gasteiger partial charge in [0.15, 0.2) is 0 Å². The summed E-state index contributed by atoms with van der Waals surface area (Å²) in [7, 11) is 0. The molecule has 0 aromatic rings. The molecule has 0 spiro atoms. The normalized spacial score (nSPS) is 23.9. The largest absolute Gasteiger partial charge is 0.459 e. The van der Waals surface area contributed by atoms with Gasteiger partial charge in [0, 0.05) is 12.6 Å². The molecule has 0 amide bonds. The third-order valence-corrected chi connectivity index (χ3v) is 2.31. The lowest BCUT2D eigenvalue weighted by atomic mass is 10.2. The number of esters is 1. The Morgan fingerprint density at radius 2 is 2.20 bits per heavy atom. The maximum absolute atomic E-state index is 11.6. The zero-order valence-electron chi connectivity index (χ0n) is 10.1. The summed E-state index contributed by atoms with van der Waals surface area (Å²) in [5.74, 6) is -0.172. The summed E-state index contributed by atoms with van der Waals surface area (Å²) in [5, 5.41) is 6.51. The molecule has 1 unspecified atom stereocenters. The van der Waals surface area contributed by atoms with Crippen LogP contribution in [0.25, 0.3) is 0 Å². The van der Waals surface area contributed by atoms with Crippen molar-refractivity contribution in [3.05, 3.63) is 0 Å². The SMILES string of the molecule is C[C@H](NC1CCNC1)C(=O)OC(C)(C)C. The van der Waals surface area contributed by atoms with Crippen molar-refractivity contribution in [3.63, 3.8) is 0 Å². The maximum Gasteiger partial charge on any atom is 0.323 e. The van der Waals surface area contributed by atoms with Crippen molar-refractivity contribution in [3.8, 4) is 0 Å². The van der Waals surface area contributed by atoms with Gasteiger partial charge in [-0.15, -0.1) is 0 Å². The van der Waals surface area contributed by atoms with E-state index in [9.17, 15) is 4.79 Å². The molecule has 1 aliphatic heterocycles. The fourth-order valence-electron chi connectivity index (χ4n) is 1.61. The number of carbonyl (C=O) groups is 1. The van der Waals surface area contributed by atoms with Gasteiger partial charge in [0.1, 0.15) is 11.6 Å². The van der Waals surface area contributed by atoms with Crippen molar-refractivity contribution in [1.29, 1.82) is 0 Å². The second-order valence-electron chi connectivity index (χ2n) is 5.11. The molecule has 1 saturated heterocycles. The van der Waals surface area contributed by atoms with Crippen LogP contribution in [0.2, 0.25) is 0 Å². The zero-order chi connectivity index (χ0) is 11.5. The van der Waals surface area contributed by atoms with Crippen LogP contribution >= 0.6 is 0 Å². The first-order valence-corrected chi connectivity index (χ1v) is 5.58. The standard InChI is InChI=1S/C11H22N2O2/c1-8(10(14)15-11(2,3)4)13-9-5-6-12-7-9/h8-9,12-13H,5-7H2,1-4H3/t8-,9?/m0/s1. The van der Waals surface area contributed by atoms with Gasteiger partial charge in [-0.25, -0.2) is 0 Å². The van der Waals surface area contributed by atoms with Crippen LogP contribution in [0.4, 0.5) is 0 Å². The second kappa shape index (κ2) is 4.94. The highest BCUT2D eigenvalue weighted by molar-refractivity contribution is 5.75. The van der Waals surface area contributed by atoms with Crippen molar-refractivity contribution in [1.82, 2.24) is 10.6 Å². The Labute approximate surface area is 91.8 Å². The van der Waals surface area contributed by atoms with E-state index in [1.165, 1.54) is 0 Å². The molecule has 88 valence electrons. The number of nitrogens with one attached hydrogen (secondary N) is 2. The summed E-state index contributed by atoms with van der Waals surface area (Å²) in [5.41, 5.74) is -0.402. The van der Waals surface area contributed by atoms with Crippen molar-refractivity contribution >= 4 is 5.97 Å². The van der Waals surface area contributed by atoms with Gasteiger partial charge < -0.3 is 15.4 Å². The van der Waals surface area contributed by atoms with E-state index in [0.717, 1.165) is 19.5 Å². The molecule has 4 heteroatoms. The fourth-order valence-corrected chi connectivity index (χ4v) is 1.61.